The molecule has 14 nitrogen and oxygen atoms in total. The summed E-state index contributed by atoms with van der Waals surface area (Å²) in [6.45, 7) is 4.09. The maximum atomic E-state index is 13.4. The van der Waals surface area contributed by atoms with Crippen molar-refractivity contribution in [1.82, 2.24) is 10.1 Å². The smallest absolute Gasteiger partial charge is 0.360 e. The first-order chi connectivity index (χ1) is 27.8. The summed E-state index contributed by atoms with van der Waals surface area (Å²) in [7, 11) is -10.5. The maximum Gasteiger partial charge on any atom is 0.471 e. The molecule has 0 saturated carbocycles. The van der Waals surface area contributed by atoms with Gasteiger partial charge in [-0.15, -0.1) is 18.7 Å². The highest BCUT2D eigenvalue weighted by molar-refractivity contribution is 7.82. The molecule has 0 fully saturated rings. The van der Waals surface area contributed by atoms with Gasteiger partial charge in [-0.2, -0.15) is 16.8 Å². The fourth-order valence-electron chi connectivity index (χ4n) is 6.37. The van der Waals surface area contributed by atoms with E-state index in [1.807, 2.05) is 13.8 Å². The van der Waals surface area contributed by atoms with Crippen LogP contribution in [-0.4, -0.2) is 50.6 Å². The van der Waals surface area contributed by atoms with E-state index in [9.17, 15) is 36.0 Å². The second-order valence-electron chi connectivity index (χ2n) is 13.0. The number of nitrogens with zero attached hydrogens (tertiary/aromatic N) is 2. The third-order valence-corrected chi connectivity index (χ3v) is 10.5. The topological polar surface area (TPSA) is 180 Å². The van der Waals surface area contributed by atoms with Crippen molar-refractivity contribution in [2.75, 3.05) is 0 Å². The van der Waals surface area contributed by atoms with Crippen LogP contribution in [0.4, 0.5) is 0 Å². The van der Waals surface area contributed by atoms with Gasteiger partial charge < -0.3 is 8.37 Å². The minimum absolute atomic E-state index is 0.0113. The summed E-state index contributed by atoms with van der Waals surface area (Å²) in [5.41, 5.74) is 1.13. The number of carbonyl (C=O) groups is 4. The van der Waals surface area contributed by atoms with Gasteiger partial charge in [0.25, 0.3) is 23.6 Å². The standard InChI is InChI=1S/C42H32N2O12S2/c1-3-5-7-9-14-27-22-24-35-37-31(27)18-12-20-33(37)39(45)43(41(35)47)55-57(49,50)53-29-16-11-17-30(26-29)54-58(51,52)56-44-40(46)34-21-13-19-32-28(15-10-8-6-4-2)23-25-36(38(32)34)42(44)48/h11-13,16-26H,3-8H2,1-2H3. The van der Waals surface area contributed by atoms with E-state index in [-0.39, 0.29) is 43.2 Å². The largest absolute Gasteiger partial charge is 0.471 e. The van der Waals surface area contributed by atoms with Crippen molar-refractivity contribution < 1.29 is 52.9 Å². The molecular weight excluding hydrogens is 789 g/mol. The molecule has 0 bridgehead atoms. The minimum Gasteiger partial charge on any atom is -0.360 e. The number of hydrogen-bond acceptors (Lipinski definition) is 12. The first kappa shape index (κ1) is 39.7. The number of hydroxylamine groups is 4. The van der Waals surface area contributed by atoms with Crippen molar-refractivity contribution in [3.63, 3.8) is 0 Å². The van der Waals surface area contributed by atoms with Crippen LogP contribution in [0.15, 0.2) is 84.9 Å². The summed E-state index contributed by atoms with van der Waals surface area (Å²) in [5.74, 6) is 6.82. The molecule has 0 saturated heterocycles. The van der Waals surface area contributed by atoms with E-state index in [1.54, 1.807) is 36.4 Å². The Morgan fingerprint density at radius 1 is 0.517 bits per heavy atom. The van der Waals surface area contributed by atoms with Gasteiger partial charge in [0.1, 0.15) is 11.5 Å². The van der Waals surface area contributed by atoms with Gasteiger partial charge in [-0.1, -0.05) is 80.7 Å². The molecule has 0 spiro atoms. The molecule has 0 atom stereocenters. The quantitative estimate of drug-likeness (QED) is 0.0733. The van der Waals surface area contributed by atoms with Crippen molar-refractivity contribution >= 4 is 66.0 Å². The molecule has 5 aromatic rings. The maximum absolute atomic E-state index is 13.4. The molecular formula is C42H32N2O12S2. The first-order valence-corrected chi connectivity index (χ1v) is 20.7. The number of rotatable bonds is 12. The van der Waals surface area contributed by atoms with E-state index in [4.69, 9.17) is 16.9 Å². The molecule has 2 heterocycles. The summed E-state index contributed by atoms with van der Waals surface area (Å²) in [5, 5.41) is 1.73. The van der Waals surface area contributed by atoms with Gasteiger partial charge in [-0.25, -0.2) is 0 Å². The zero-order chi connectivity index (χ0) is 41.2. The molecule has 0 radical (unpaired) electrons. The van der Waals surface area contributed by atoms with Crippen molar-refractivity contribution in [2.24, 2.45) is 0 Å². The van der Waals surface area contributed by atoms with E-state index in [0.29, 0.717) is 34.7 Å². The van der Waals surface area contributed by atoms with Crippen LogP contribution in [0.5, 0.6) is 11.5 Å². The number of imide groups is 2. The Morgan fingerprint density at radius 2 is 0.897 bits per heavy atom. The van der Waals surface area contributed by atoms with Gasteiger partial charge in [0.2, 0.25) is 0 Å². The predicted molar refractivity (Wildman–Crippen MR) is 209 cm³/mol. The van der Waals surface area contributed by atoms with Crippen molar-refractivity contribution in [3.8, 4) is 35.2 Å². The average Bonchev–Trinajstić information content (AvgIpc) is 3.19. The fourth-order valence-corrected chi connectivity index (χ4v) is 7.75. The average molecular weight is 821 g/mol. The number of benzene rings is 5. The lowest BCUT2D eigenvalue weighted by atomic mass is 9.92. The lowest BCUT2D eigenvalue weighted by Crippen LogP contribution is -2.42. The molecule has 7 rings (SSSR count). The van der Waals surface area contributed by atoms with E-state index in [2.05, 4.69) is 23.7 Å². The summed E-state index contributed by atoms with van der Waals surface area (Å²) in [6, 6.07) is 19.5. The zero-order valence-electron chi connectivity index (χ0n) is 30.9. The normalized spacial score (nSPS) is 13.6. The third kappa shape index (κ3) is 7.87. The first-order valence-electron chi connectivity index (χ1n) is 18.1. The number of hydrogen-bond donors (Lipinski definition) is 0. The van der Waals surface area contributed by atoms with E-state index < -0.39 is 55.9 Å². The Balaban J connectivity index is 1.05. The van der Waals surface area contributed by atoms with E-state index in [1.165, 1.54) is 24.3 Å². The Hall–Kier alpha value is -6.56. The van der Waals surface area contributed by atoms with Crippen LogP contribution in [0.3, 0.4) is 0 Å². The zero-order valence-corrected chi connectivity index (χ0v) is 32.6. The molecule has 2 aliphatic rings. The van der Waals surface area contributed by atoms with Gasteiger partial charge in [0.05, 0.1) is 22.3 Å². The van der Waals surface area contributed by atoms with Gasteiger partial charge in [0.15, 0.2) is 0 Å². The van der Waals surface area contributed by atoms with Crippen LogP contribution >= 0.6 is 0 Å². The lowest BCUT2D eigenvalue weighted by Gasteiger charge is -2.25. The second kappa shape index (κ2) is 16.1. The Bertz CT molecular complexity index is 2680. The molecule has 2 aliphatic heterocycles. The summed E-state index contributed by atoms with van der Waals surface area (Å²) < 4.78 is 71.9. The summed E-state index contributed by atoms with van der Waals surface area (Å²) in [4.78, 5) is 53.7. The second-order valence-corrected chi connectivity index (χ2v) is 15.3. The van der Waals surface area contributed by atoms with Crippen LogP contribution in [0.25, 0.3) is 21.5 Å². The molecule has 0 N–H and O–H groups in total. The lowest BCUT2D eigenvalue weighted by molar-refractivity contribution is -0.0209. The van der Waals surface area contributed by atoms with Crippen LogP contribution < -0.4 is 8.37 Å². The highest BCUT2D eigenvalue weighted by atomic mass is 32.3. The number of amides is 4. The monoisotopic (exact) mass is 820 g/mol. The molecule has 294 valence electrons. The van der Waals surface area contributed by atoms with Gasteiger partial charge in [-0.05, 0) is 72.1 Å². The van der Waals surface area contributed by atoms with Gasteiger partial charge in [-0.3, -0.25) is 19.2 Å². The van der Waals surface area contributed by atoms with Crippen molar-refractivity contribution in [1.29, 1.82) is 0 Å². The van der Waals surface area contributed by atoms with Crippen LogP contribution in [0, 0.1) is 23.7 Å². The van der Waals surface area contributed by atoms with Crippen LogP contribution in [0.2, 0.25) is 0 Å². The summed E-state index contributed by atoms with van der Waals surface area (Å²) in [6.07, 6.45) is 5.09. The summed E-state index contributed by atoms with van der Waals surface area (Å²) >= 11 is 0. The fraction of sp³-hybridized carbons (Fsp3) is 0.190. The molecule has 5 aromatic carbocycles. The number of carbonyl (C=O) groups excluding carboxylic acids is 4. The van der Waals surface area contributed by atoms with E-state index in [0.717, 1.165) is 49.9 Å². The van der Waals surface area contributed by atoms with Crippen molar-refractivity contribution in [2.45, 2.75) is 52.4 Å². The SMILES string of the molecule is CCCCC#Cc1ccc2c3c(cccc13)C(=O)N(OS(=O)(=O)Oc1cccc(OS(=O)(=O)ON3C(=O)c4cccc5c(C#CCCCC)ccc(c45)C3=O)c1)C2=O. The number of unbranched alkanes of at least 4 members (excludes halogenated alkanes) is 4. The highest BCUT2D eigenvalue weighted by Gasteiger charge is 2.40. The Kier molecular flexibility index (Phi) is 11.0. The Morgan fingerprint density at radius 3 is 1.29 bits per heavy atom. The van der Waals surface area contributed by atoms with Crippen molar-refractivity contribution in [3.05, 3.63) is 118 Å². The molecule has 0 unspecified atom stereocenters. The van der Waals surface area contributed by atoms with Gasteiger partial charge in [0, 0.05) is 40.8 Å². The predicted octanol–water partition coefficient (Wildman–Crippen LogP) is 6.78. The molecule has 16 heteroatoms. The van der Waals surface area contributed by atoms with Gasteiger partial charge >= 0.3 is 20.8 Å². The molecule has 0 aromatic heterocycles. The third-order valence-electron chi connectivity index (χ3n) is 9.03. The molecule has 0 aliphatic carbocycles. The minimum atomic E-state index is -5.23. The van der Waals surface area contributed by atoms with Crippen LogP contribution in [0.1, 0.15) is 105 Å². The van der Waals surface area contributed by atoms with Crippen LogP contribution in [-0.2, 0) is 29.4 Å². The molecule has 4 amide bonds. The van der Waals surface area contributed by atoms with E-state index >= 15 is 0 Å². The Labute approximate surface area is 333 Å². The molecule has 58 heavy (non-hydrogen) atoms. The highest BCUT2D eigenvalue weighted by Crippen LogP contribution is 2.35.